The lowest BCUT2D eigenvalue weighted by Gasteiger charge is -2.44. The van der Waals surface area contributed by atoms with Gasteiger partial charge in [-0.15, -0.1) is 11.3 Å². The fraction of sp³-hybridized carbons (Fsp3) is 0.524. The predicted octanol–water partition coefficient (Wildman–Crippen LogP) is 4.14. The molecule has 3 aliphatic rings. The third-order valence-electron chi connectivity index (χ3n) is 5.99. The maximum Gasteiger partial charge on any atom is 0.122 e. The lowest BCUT2D eigenvalue weighted by atomic mass is 9.82. The van der Waals surface area contributed by atoms with Gasteiger partial charge in [0.2, 0.25) is 0 Å². The molecule has 0 N–H and O–H groups in total. The molecule has 4 heteroatoms. The Hall–Kier alpha value is -1.36. The molecule has 3 nitrogen and oxygen atoms in total. The zero-order valence-corrected chi connectivity index (χ0v) is 15.4. The summed E-state index contributed by atoms with van der Waals surface area (Å²) >= 11 is 1.90. The summed E-state index contributed by atoms with van der Waals surface area (Å²) in [6, 6.07) is 9.06. The van der Waals surface area contributed by atoms with Gasteiger partial charge in [0.1, 0.15) is 5.75 Å². The number of nitrogens with zero attached hydrogens (tertiary/aromatic N) is 1. The molecule has 1 fully saturated rings. The third-order valence-corrected chi connectivity index (χ3v) is 6.97. The number of hydrogen-bond donors (Lipinski definition) is 0. The molecule has 0 amide bonds. The molecule has 1 saturated heterocycles. The van der Waals surface area contributed by atoms with Crippen LogP contribution in [0.3, 0.4) is 0 Å². The number of aryl methyl sites for hydroxylation is 1. The topological polar surface area (TPSA) is 21.7 Å². The quantitative estimate of drug-likeness (QED) is 0.808. The fourth-order valence-corrected chi connectivity index (χ4v) is 5.56. The van der Waals surface area contributed by atoms with Crippen LogP contribution in [0.5, 0.6) is 5.75 Å². The van der Waals surface area contributed by atoms with Gasteiger partial charge in [0.15, 0.2) is 0 Å². The van der Waals surface area contributed by atoms with E-state index in [9.17, 15) is 0 Å². The van der Waals surface area contributed by atoms with E-state index in [4.69, 9.17) is 9.47 Å². The number of fused-ring (bicyclic) bond motifs is 3. The van der Waals surface area contributed by atoms with Crippen LogP contribution in [0.2, 0.25) is 0 Å². The number of piperidine rings is 1. The van der Waals surface area contributed by atoms with E-state index in [0.29, 0.717) is 0 Å². The first-order valence-electron chi connectivity index (χ1n) is 9.50. The second-order valence-corrected chi connectivity index (χ2v) is 8.52. The number of likely N-dealkylation sites (tertiary alicyclic amines) is 1. The van der Waals surface area contributed by atoms with Crippen molar-refractivity contribution in [1.82, 2.24) is 4.90 Å². The number of rotatable bonds is 2. The third kappa shape index (κ3) is 2.90. The molecular formula is C21H25NO2S. The van der Waals surface area contributed by atoms with Crippen LogP contribution in [0, 0.1) is 0 Å². The van der Waals surface area contributed by atoms with Gasteiger partial charge in [0.25, 0.3) is 0 Å². The summed E-state index contributed by atoms with van der Waals surface area (Å²) in [6.45, 7) is 5.02. The average Bonchev–Trinajstić information content (AvgIpc) is 3.14. The Labute approximate surface area is 153 Å². The molecule has 25 heavy (non-hydrogen) atoms. The summed E-state index contributed by atoms with van der Waals surface area (Å²) < 4.78 is 12.1. The summed E-state index contributed by atoms with van der Waals surface area (Å²) in [4.78, 5) is 4.13. The highest BCUT2D eigenvalue weighted by Gasteiger charge is 2.41. The first-order chi connectivity index (χ1) is 12.3. The second-order valence-electron chi connectivity index (χ2n) is 7.52. The van der Waals surface area contributed by atoms with Gasteiger partial charge in [-0.25, -0.2) is 0 Å². The maximum absolute atomic E-state index is 6.33. The Bertz CT molecular complexity index is 761. The molecule has 5 rings (SSSR count). The summed E-state index contributed by atoms with van der Waals surface area (Å²) in [5, 5.41) is 2.24. The number of ether oxygens (including phenoxy) is 2. The highest BCUT2D eigenvalue weighted by molar-refractivity contribution is 7.10. The van der Waals surface area contributed by atoms with Crippen LogP contribution in [0.1, 0.15) is 40.8 Å². The Morgan fingerprint density at radius 2 is 2.00 bits per heavy atom. The molecule has 0 bridgehead atoms. The smallest absolute Gasteiger partial charge is 0.122 e. The van der Waals surface area contributed by atoms with Gasteiger partial charge in [-0.1, -0.05) is 12.1 Å². The van der Waals surface area contributed by atoms with Gasteiger partial charge in [-0.3, -0.25) is 4.90 Å². The number of benzene rings is 1. The van der Waals surface area contributed by atoms with Crippen LogP contribution < -0.4 is 4.74 Å². The van der Waals surface area contributed by atoms with Crippen molar-refractivity contribution < 1.29 is 9.47 Å². The summed E-state index contributed by atoms with van der Waals surface area (Å²) in [6.07, 6.45) is 5.62. The van der Waals surface area contributed by atoms with Crippen molar-refractivity contribution in [3.8, 4) is 5.75 Å². The van der Waals surface area contributed by atoms with Crippen molar-refractivity contribution in [3.63, 3.8) is 0 Å². The molecule has 1 spiro atoms. The Morgan fingerprint density at radius 3 is 2.92 bits per heavy atom. The minimum absolute atomic E-state index is 0.00618. The van der Waals surface area contributed by atoms with Gasteiger partial charge >= 0.3 is 0 Å². The highest BCUT2D eigenvalue weighted by atomic mass is 32.1. The molecule has 1 aromatic heterocycles. The summed E-state index contributed by atoms with van der Waals surface area (Å²) in [7, 11) is 0. The van der Waals surface area contributed by atoms with E-state index in [1.54, 1.807) is 4.88 Å². The van der Waals surface area contributed by atoms with Crippen molar-refractivity contribution in [3.05, 3.63) is 51.2 Å². The zero-order valence-electron chi connectivity index (χ0n) is 14.6. The van der Waals surface area contributed by atoms with Crippen molar-refractivity contribution in [1.29, 1.82) is 0 Å². The van der Waals surface area contributed by atoms with Gasteiger partial charge < -0.3 is 9.47 Å². The van der Waals surface area contributed by atoms with Gasteiger partial charge in [-0.05, 0) is 59.9 Å². The van der Waals surface area contributed by atoms with E-state index in [-0.39, 0.29) is 5.60 Å². The minimum atomic E-state index is -0.00618. The molecule has 0 radical (unpaired) electrons. The van der Waals surface area contributed by atoms with E-state index in [2.05, 4.69) is 34.5 Å². The standard InChI is InChI=1S/C21H25NO2S/c1-2-17-14-16(3-4-19(17)23-11-1)15-22-9-7-21(8-10-22)18-6-13-25-20(18)5-12-24-21/h3-4,6,13-14H,1-2,5,7-12,15H2. The lowest BCUT2D eigenvalue weighted by Crippen LogP contribution is -2.45. The average molecular weight is 356 g/mol. The van der Waals surface area contributed by atoms with Crippen LogP contribution in [-0.2, 0) is 29.7 Å². The predicted molar refractivity (Wildman–Crippen MR) is 100 cm³/mol. The summed E-state index contributed by atoms with van der Waals surface area (Å²) in [5.41, 5.74) is 4.28. The Balaban J connectivity index is 1.27. The van der Waals surface area contributed by atoms with E-state index >= 15 is 0 Å². The number of hydrogen-bond acceptors (Lipinski definition) is 4. The molecule has 0 saturated carbocycles. The molecule has 0 atom stereocenters. The Kier molecular flexibility index (Phi) is 4.07. The van der Waals surface area contributed by atoms with Crippen LogP contribution in [0.4, 0.5) is 0 Å². The highest BCUT2D eigenvalue weighted by Crippen LogP contribution is 2.43. The fourth-order valence-electron chi connectivity index (χ4n) is 4.61. The molecule has 3 aliphatic heterocycles. The summed E-state index contributed by atoms with van der Waals surface area (Å²) in [5.74, 6) is 1.09. The van der Waals surface area contributed by atoms with Gasteiger partial charge in [-0.2, -0.15) is 0 Å². The van der Waals surface area contributed by atoms with E-state index in [1.165, 1.54) is 16.7 Å². The molecule has 0 unspecified atom stereocenters. The van der Waals surface area contributed by atoms with E-state index < -0.39 is 0 Å². The van der Waals surface area contributed by atoms with Crippen LogP contribution in [0.25, 0.3) is 0 Å². The van der Waals surface area contributed by atoms with Crippen LogP contribution in [-0.4, -0.2) is 31.2 Å². The van der Waals surface area contributed by atoms with Crippen molar-refractivity contribution in [2.45, 2.75) is 44.2 Å². The van der Waals surface area contributed by atoms with Gasteiger partial charge in [0, 0.05) is 30.9 Å². The molecule has 1 aromatic carbocycles. The van der Waals surface area contributed by atoms with Crippen LogP contribution in [0.15, 0.2) is 29.6 Å². The van der Waals surface area contributed by atoms with E-state index in [0.717, 1.165) is 70.7 Å². The van der Waals surface area contributed by atoms with Crippen LogP contribution >= 0.6 is 11.3 Å². The lowest BCUT2D eigenvalue weighted by molar-refractivity contribution is -0.0980. The first-order valence-corrected chi connectivity index (χ1v) is 10.4. The normalized spacial score (nSPS) is 22.2. The van der Waals surface area contributed by atoms with E-state index in [1.807, 2.05) is 11.3 Å². The minimum Gasteiger partial charge on any atom is -0.493 e. The maximum atomic E-state index is 6.33. The van der Waals surface area contributed by atoms with Gasteiger partial charge in [0.05, 0.1) is 18.8 Å². The number of thiophene rings is 1. The SMILES string of the molecule is c1cc2c(s1)CCOC21CCN(Cc2ccc3c(c2)CCCO3)CC1. The zero-order chi connectivity index (χ0) is 16.7. The van der Waals surface area contributed by atoms with Crippen molar-refractivity contribution in [2.24, 2.45) is 0 Å². The molecule has 132 valence electrons. The first kappa shape index (κ1) is 15.9. The largest absolute Gasteiger partial charge is 0.493 e. The molecule has 4 heterocycles. The molecule has 2 aromatic rings. The molecule has 0 aliphatic carbocycles. The Morgan fingerprint density at radius 1 is 1.08 bits per heavy atom. The second kappa shape index (κ2) is 6.42. The monoisotopic (exact) mass is 355 g/mol. The molecular weight excluding hydrogens is 330 g/mol. The van der Waals surface area contributed by atoms with Crippen molar-refractivity contribution in [2.75, 3.05) is 26.3 Å². The van der Waals surface area contributed by atoms with Crippen molar-refractivity contribution >= 4 is 11.3 Å².